The van der Waals surface area contributed by atoms with Crippen LogP contribution in [0, 0.1) is 0 Å². The van der Waals surface area contributed by atoms with Gasteiger partial charge in [0.05, 0.1) is 12.4 Å². The van der Waals surface area contributed by atoms with Crippen molar-refractivity contribution in [2.45, 2.75) is 65.0 Å². The third-order valence-electron chi connectivity index (χ3n) is 3.58. The lowest BCUT2D eigenvalue weighted by Crippen LogP contribution is -2.18. The summed E-state index contributed by atoms with van der Waals surface area (Å²) in [5, 5.41) is 10.7. The smallest absolute Gasteiger partial charge is 0.315 e. The number of benzene rings is 1. The Morgan fingerprint density at radius 3 is 1.96 bits per heavy atom. The second-order valence-corrected chi connectivity index (χ2v) is 8.82. The van der Waals surface area contributed by atoms with Gasteiger partial charge in [-0.15, -0.1) is 11.8 Å². The number of ether oxygens (including phenoxy) is 1. The summed E-state index contributed by atoms with van der Waals surface area (Å²) in [4.78, 5) is 11.5. The van der Waals surface area contributed by atoms with Crippen molar-refractivity contribution in [2.24, 2.45) is 0 Å². The average Bonchev–Trinajstić information content (AvgIpc) is 2.38. The lowest BCUT2D eigenvalue weighted by atomic mass is 9.78. The zero-order valence-electron chi connectivity index (χ0n) is 15.4. The summed E-state index contributed by atoms with van der Waals surface area (Å²) in [7, 11) is 0. The van der Waals surface area contributed by atoms with Crippen molar-refractivity contribution >= 4 is 17.7 Å². The molecule has 0 aliphatic rings. The first kappa shape index (κ1) is 19.9. The van der Waals surface area contributed by atoms with Crippen LogP contribution in [-0.4, -0.2) is 23.4 Å². The SMILES string of the molecule is CCOC(=O)CSCc1cc(C(C)(C)C)c(O)c(C(C)(C)C)c1. The van der Waals surface area contributed by atoms with Crippen molar-refractivity contribution in [3.63, 3.8) is 0 Å². The van der Waals surface area contributed by atoms with E-state index in [1.807, 2.05) is 6.92 Å². The molecule has 3 nitrogen and oxygen atoms in total. The van der Waals surface area contributed by atoms with E-state index in [9.17, 15) is 9.90 Å². The van der Waals surface area contributed by atoms with Crippen LogP contribution in [0.15, 0.2) is 12.1 Å². The Bertz CT molecular complexity index is 516. The quantitative estimate of drug-likeness (QED) is 0.785. The van der Waals surface area contributed by atoms with Crippen LogP contribution in [0.4, 0.5) is 0 Å². The number of esters is 1. The maximum absolute atomic E-state index is 11.5. The molecule has 0 spiro atoms. The normalized spacial score (nSPS) is 12.3. The molecule has 1 rings (SSSR count). The molecule has 130 valence electrons. The summed E-state index contributed by atoms with van der Waals surface area (Å²) in [5.41, 5.74) is 2.78. The van der Waals surface area contributed by atoms with E-state index < -0.39 is 0 Å². The number of hydrogen-bond donors (Lipinski definition) is 1. The fourth-order valence-electron chi connectivity index (χ4n) is 2.38. The minimum atomic E-state index is -0.177. The lowest BCUT2D eigenvalue weighted by Gasteiger charge is -2.28. The van der Waals surface area contributed by atoms with Crippen LogP contribution in [0.1, 0.15) is 65.2 Å². The summed E-state index contributed by atoms with van der Waals surface area (Å²) >= 11 is 1.54. The molecule has 0 heterocycles. The predicted molar refractivity (Wildman–Crippen MR) is 98.3 cm³/mol. The van der Waals surface area contributed by atoms with Gasteiger partial charge in [0.1, 0.15) is 5.75 Å². The fourth-order valence-corrected chi connectivity index (χ4v) is 3.13. The molecule has 1 aromatic carbocycles. The first-order valence-corrected chi connectivity index (χ1v) is 9.22. The highest BCUT2D eigenvalue weighted by Gasteiger charge is 2.26. The maximum atomic E-state index is 11.5. The van der Waals surface area contributed by atoms with Gasteiger partial charge in [-0.25, -0.2) is 0 Å². The molecule has 0 radical (unpaired) electrons. The summed E-state index contributed by atoms with van der Waals surface area (Å²) in [6.07, 6.45) is 0. The number of thioether (sulfide) groups is 1. The van der Waals surface area contributed by atoms with Crippen LogP contribution in [0.3, 0.4) is 0 Å². The fraction of sp³-hybridized carbons (Fsp3) is 0.632. The molecule has 0 amide bonds. The summed E-state index contributed by atoms with van der Waals surface area (Å²) < 4.78 is 4.96. The van der Waals surface area contributed by atoms with Crippen molar-refractivity contribution < 1.29 is 14.6 Å². The van der Waals surface area contributed by atoms with Crippen molar-refractivity contribution in [1.29, 1.82) is 0 Å². The van der Waals surface area contributed by atoms with E-state index in [1.165, 1.54) is 0 Å². The van der Waals surface area contributed by atoms with Crippen LogP contribution in [0.2, 0.25) is 0 Å². The van der Waals surface area contributed by atoms with E-state index in [-0.39, 0.29) is 16.8 Å². The highest BCUT2D eigenvalue weighted by molar-refractivity contribution is 7.99. The van der Waals surface area contributed by atoms with Crippen molar-refractivity contribution in [3.05, 3.63) is 28.8 Å². The first-order valence-electron chi connectivity index (χ1n) is 8.07. The third kappa shape index (κ3) is 5.76. The number of phenols is 1. The number of aromatic hydroxyl groups is 1. The van der Waals surface area contributed by atoms with E-state index >= 15 is 0 Å². The molecule has 0 saturated carbocycles. The molecule has 1 N–H and O–H groups in total. The molecule has 23 heavy (non-hydrogen) atoms. The van der Waals surface area contributed by atoms with E-state index in [2.05, 4.69) is 53.7 Å². The van der Waals surface area contributed by atoms with Crippen LogP contribution in [0.5, 0.6) is 5.75 Å². The molecular formula is C19H30O3S. The van der Waals surface area contributed by atoms with Gasteiger partial charge in [-0.1, -0.05) is 53.7 Å². The first-order chi connectivity index (χ1) is 10.5. The number of phenolic OH excluding ortho intramolecular Hbond substituents is 1. The van der Waals surface area contributed by atoms with Gasteiger partial charge in [-0.05, 0) is 34.4 Å². The molecule has 0 saturated heterocycles. The standard InChI is InChI=1S/C19H30O3S/c1-8-22-16(20)12-23-11-13-9-14(18(2,3)4)17(21)15(10-13)19(5,6)7/h9-10,21H,8,11-12H2,1-7H3. The Hall–Kier alpha value is -1.16. The van der Waals surface area contributed by atoms with Gasteiger partial charge in [0.2, 0.25) is 0 Å². The highest BCUT2D eigenvalue weighted by Crippen LogP contribution is 2.40. The second-order valence-electron chi connectivity index (χ2n) is 7.84. The lowest BCUT2D eigenvalue weighted by molar-refractivity contribution is -0.139. The highest BCUT2D eigenvalue weighted by atomic mass is 32.2. The molecule has 0 aromatic heterocycles. The number of rotatable bonds is 5. The zero-order chi connectivity index (χ0) is 17.8. The number of hydrogen-bond acceptors (Lipinski definition) is 4. The van der Waals surface area contributed by atoms with Gasteiger partial charge in [0, 0.05) is 5.75 Å². The van der Waals surface area contributed by atoms with E-state index in [0.29, 0.717) is 18.1 Å². The summed E-state index contributed by atoms with van der Waals surface area (Å²) in [5.74, 6) is 1.29. The number of carbonyl (C=O) groups excluding carboxylic acids is 1. The predicted octanol–water partition coefficient (Wildman–Crippen LogP) is 4.78. The largest absolute Gasteiger partial charge is 0.507 e. The van der Waals surface area contributed by atoms with E-state index in [4.69, 9.17) is 4.74 Å². The summed E-state index contributed by atoms with van der Waals surface area (Å²) in [6, 6.07) is 4.12. The molecule has 1 aromatic rings. The van der Waals surface area contributed by atoms with Crippen LogP contribution in [0.25, 0.3) is 0 Å². The average molecular weight is 339 g/mol. The third-order valence-corrected chi connectivity index (χ3v) is 4.56. The van der Waals surface area contributed by atoms with Gasteiger partial charge in [-0.2, -0.15) is 0 Å². The van der Waals surface area contributed by atoms with Gasteiger partial charge < -0.3 is 9.84 Å². The minimum Gasteiger partial charge on any atom is -0.507 e. The molecule has 0 aliphatic carbocycles. The minimum absolute atomic E-state index is 0.133. The van der Waals surface area contributed by atoms with Crippen molar-refractivity contribution in [2.75, 3.05) is 12.4 Å². The Balaban J connectivity index is 3.07. The van der Waals surface area contributed by atoms with Gasteiger partial charge >= 0.3 is 5.97 Å². The Morgan fingerprint density at radius 2 is 1.57 bits per heavy atom. The monoisotopic (exact) mass is 338 g/mol. The maximum Gasteiger partial charge on any atom is 0.315 e. The molecule has 0 aliphatic heterocycles. The van der Waals surface area contributed by atoms with E-state index in [0.717, 1.165) is 22.4 Å². The Kier molecular flexibility index (Phi) is 6.58. The van der Waals surface area contributed by atoms with Gasteiger partial charge in [0.15, 0.2) is 0 Å². The molecular weight excluding hydrogens is 308 g/mol. The van der Waals surface area contributed by atoms with Crippen molar-refractivity contribution in [3.8, 4) is 5.75 Å². The Labute approximate surface area is 144 Å². The van der Waals surface area contributed by atoms with Crippen LogP contribution in [-0.2, 0) is 26.1 Å². The molecule has 4 heteroatoms. The van der Waals surface area contributed by atoms with Crippen LogP contribution >= 0.6 is 11.8 Å². The van der Waals surface area contributed by atoms with Gasteiger partial charge in [-0.3, -0.25) is 4.79 Å². The second kappa shape index (κ2) is 7.61. The van der Waals surface area contributed by atoms with Crippen molar-refractivity contribution in [1.82, 2.24) is 0 Å². The van der Waals surface area contributed by atoms with Gasteiger partial charge in [0.25, 0.3) is 0 Å². The molecule has 0 fully saturated rings. The number of carbonyl (C=O) groups is 1. The molecule has 0 unspecified atom stereocenters. The van der Waals surface area contributed by atoms with E-state index in [1.54, 1.807) is 11.8 Å². The molecule has 0 atom stereocenters. The van der Waals surface area contributed by atoms with Crippen LogP contribution < -0.4 is 0 Å². The zero-order valence-corrected chi connectivity index (χ0v) is 16.3. The molecule has 0 bridgehead atoms. The summed E-state index contributed by atoms with van der Waals surface area (Å²) in [6.45, 7) is 14.8. The Morgan fingerprint density at radius 1 is 1.09 bits per heavy atom. The topological polar surface area (TPSA) is 46.5 Å².